The molecule has 2 heterocycles. The first kappa shape index (κ1) is 14.5. The molecule has 0 aliphatic carbocycles. The van der Waals surface area contributed by atoms with E-state index in [9.17, 15) is 5.11 Å². The average molecular weight is 265 g/mol. The molecule has 1 aliphatic heterocycles. The van der Waals surface area contributed by atoms with Gasteiger partial charge in [-0.1, -0.05) is 20.8 Å². The third-order valence-corrected chi connectivity index (χ3v) is 3.94. The highest BCUT2D eigenvalue weighted by Crippen LogP contribution is 2.32. The van der Waals surface area contributed by atoms with Crippen LogP contribution in [0.2, 0.25) is 0 Å². The van der Waals surface area contributed by atoms with Crippen molar-refractivity contribution < 1.29 is 5.11 Å². The van der Waals surface area contributed by atoms with Gasteiger partial charge in [0.25, 0.3) is 0 Å². The summed E-state index contributed by atoms with van der Waals surface area (Å²) in [6.07, 6.45) is 4.48. The van der Waals surface area contributed by atoms with Gasteiger partial charge in [-0.25, -0.2) is 0 Å². The van der Waals surface area contributed by atoms with Crippen molar-refractivity contribution in [2.75, 3.05) is 19.6 Å². The van der Waals surface area contributed by atoms with E-state index >= 15 is 0 Å². The molecule has 108 valence electrons. The number of rotatable bonds is 5. The van der Waals surface area contributed by atoms with E-state index in [-0.39, 0.29) is 0 Å². The molecule has 1 saturated heterocycles. The van der Waals surface area contributed by atoms with Gasteiger partial charge in [0.15, 0.2) is 0 Å². The largest absolute Gasteiger partial charge is 0.383 e. The van der Waals surface area contributed by atoms with Gasteiger partial charge in [0, 0.05) is 32.4 Å². The first-order valence-corrected chi connectivity index (χ1v) is 7.52. The van der Waals surface area contributed by atoms with Crippen molar-refractivity contribution in [1.82, 2.24) is 14.7 Å². The summed E-state index contributed by atoms with van der Waals surface area (Å²) in [6.45, 7) is 10.6. The average Bonchev–Trinajstić information content (AvgIpc) is 2.81. The SMILES string of the molecule is CCCn1nccc1C1(O)CCN(CC(C)C)CC1. The van der Waals surface area contributed by atoms with Crippen molar-refractivity contribution in [3.63, 3.8) is 0 Å². The maximum Gasteiger partial charge on any atom is 0.109 e. The van der Waals surface area contributed by atoms with E-state index in [2.05, 4.69) is 30.8 Å². The number of nitrogens with zero attached hydrogens (tertiary/aromatic N) is 3. The van der Waals surface area contributed by atoms with E-state index in [1.807, 2.05) is 16.9 Å². The molecule has 0 spiro atoms. The third-order valence-electron chi connectivity index (χ3n) is 3.94. The molecule has 2 rings (SSSR count). The fourth-order valence-electron chi connectivity index (χ4n) is 3.00. The van der Waals surface area contributed by atoms with Crippen molar-refractivity contribution in [3.05, 3.63) is 18.0 Å². The Morgan fingerprint density at radius 2 is 2.05 bits per heavy atom. The monoisotopic (exact) mass is 265 g/mol. The molecule has 1 aromatic rings. The van der Waals surface area contributed by atoms with Gasteiger partial charge in [-0.05, 0) is 31.2 Å². The lowest BCUT2D eigenvalue weighted by Gasteiger charge is -2.39. The molecule has 1 aromatic heterocycles. The van der Waals surface area contributed by atoms with Gasteiger partial charge >= 0.3 is 0 Å². The zero-order chi connectivity index (χ0) is 13.9. The summed E-state index contributed by atoms with van der Waals surface area (Å²) in [6, 6.07) is 1.98. The lowest BCUT2D eigenvalue weighted by atomic mass is 9.87. The molecule has 1 aliphatic rings. The molecule has 0 radical (unpaired) electrons. The Labute approximate surface area is 116 Å². The lowest BCUT2D eigenvalue weighted by Crippen LogP contribution is -2.44. The van der Waals surface area contributed by atoms with Gasteiger partial charge in [0.1, 0.15) is 5.60 Å². The predicted octanol–water partition coefficient (Wildman–Crippen LogP) is 2.23. The highest BCUT2D eigenvalue weighted by Gasteiger charge is 2.36. The minimum Gasteiger partial charge on any atom is -0.383 e. The van der Waals surface area contributed by atoms with Crippen molar-refractivity contribution >= 4 is 0 Å². The van der Waals surface area contributed by atoms with Gasteiger partial charge in [-0.3, -0.25) is 4.68 Å². The molecule has 0 aromatic carbocycles. The lowest BCUT2D eigenvalue weighted by molar-refractivity contribution is -0.0346. The second-order valence-corrected chi connectivity index (χ2v) is 6.17. The Kier molecular flexibility index (Phi) is 4.63. The van der Waals surface area contributed by atoms with E-state index in [4.69, 9.17) is 0 Å². The molecule has 4 nitrogen and oxygen atoms in total. The van der Waals surface area contributed by atoms with Crippen LogP contribution in [0.25, 0.3) is 0 Å². The highest BCUT2D eigenvalue weighted by atomic mass is 16.3. The molecule has 1 fully saturated rings. The number of piperidine rings is 1. The van der Waals surface area contributed by atoms with Gasteiger partial charge in [-0.15, -0.1) is 0 Å². The molecule has 0 bridgehead atoms. The molecule has 0 amide bonds. The van der Waals surface area contributed by atoms with Crippen molar-refractivity contribution in [2.24, 2.45) is 5.92 Å². The van der Waals surface area contributed by atoms with Crippen molar-refractivity contribution in [1.29, 1.82) is 0 Å². The van der Waals surface area contributed by atoms with Crippen LogP contribution in [-0.4, -0.2) is 39.4 Å². The quantitative estimate of drug-likeness (QED) is 0.887. The first-order valence-electron chi connectivity index (χ1n) is 7.52. The summed E-state index contributed by atoms with van der Waals surface area (Å²) in [5.41, 5.74) is 0.317. The molecule has 19 heavy (non-hydrogen) atoms. The number of hydrogen-bond acceptors (Lipinski definition) is 3. The fourth-order valence-corrected chi connectivity index (χ4v) is 3.00. The Bertz CT molecular complexity index is 392. The summed E-state index contributed by atoms with van der Waals surface area (Å²) in [4.78, 5) is 2.46. The molecular weight excluding hydrogens is 238 g/mol. The van der Waals surface area contributed by atoms with Crippen LogP contribution >= 0.6 is 0 Å². The third kappa shape index (κ3) is 3.37. The minimum absolute atomic E-state index is 0.681. The van der Waals surface area contributed by atoms with Gasteiger partial charge in [0.05, 0.1) is 5.69 Å². The zero-order valence-corrected chi connectivity index (χ0v) is 12.5. The summed E-state index contributed by atoms with van der Waals surface area (Å²) < 4.78 is 1.97. The van der Waals surface area contributed by atoms with Crippen LogP contribution in [0.5, 0.6) is 0 Å². The molecule has 0 atom stereocenters. The number of aliphatic hydroxyl groups is 1. The molecule has 0 saturated carbocycles. The van der Waals surface area contributed by atoms with Gasteiger partial charge < -0.3 is 10.0 Å². The van der Waals surface area contributed by atoms with Gasteiger partial charge in [0.2, 0.25) is 0 Å². The van der Waals surface area contributed by atoms with Crippen LogP contribution in [0.15, 0.2) is 12.3 Å². The Balaban J connectivity index is 2.02. The van der Waals surface area contributed by atoms with Crippen molar-refractivity contribution in [3.8, 4) is 0 Å². The maximum absolute atomic E-state index is 10.9. The van der Waals surface area contributed by atoms with Crippen LogP contribution < -0.4 is 0 Å². The van der Waals surface area contributed by atoms with Crippen LogP contribution in [0, 0.1) is 5.92 Å². The number of aryl methyl sites for hydroxylation is 1. The van der Waals surface area contributed by atoms with Gasteiger partial charge in [-0.2, -0.15) is 5.10 Å². The first-order chi connectivity index (χ1) is 9.05. The maximum atomic E-state index is 10.9. The molecular formula is C15H27N3O. The minimum atomic E-state index is -0.681. The summed E-state index contributed by atoms with van der Waals surface area (Å²) in [5, 5.41) is 15.2. The Hall–Kier alpha value is -0.870. The Morgan fingerprint density at radius 1 is 1.37 bits per heavy atom. The molecule has 0 unspecified atom stereocenters. The fraction of sp³-hybridized carbons (Fsp3) is 0.800. The van der Waals surface area contributed by atoms with Crippen LogP contribution in [0.1, 0.15) is 45.7 Å². The number of aromatic nitrogens is 2. The topological polar surface area (TPSA) is 41.3 Å². The van der Waals surface area contributed by atoms with E-state index in [0.717, 1.165) is 51.1 Å². The smallest absolute Gasteiger partial charge is 0.109 e. The Morgan fingerprint density at radius 3 is 2.63 bits per heavy atom. The number of hydrogen-bond donors (Lipinski definition) is 1. The highest BCUT2D eigenvalue weighted by molar-refractivity contribution is 5.13. The summed E-state index contributed by atoms with van der Waals surface area (Å²) in [7, 11) is 0. The van der Waals surface area contributed by atoms with Crippen molar-refractivity contribution in [2.45, 2.75) is 52.2 Å². The van der Waals surface area contributed by atoms with E-state index < -0.39 is 5.60 Å². The van der Waals surface area contributed by atoms with Crippen LogP contribution in [0.3, 0.4) is 0 Å². The summed E-state index contributed by atoms with van der Waals surface area (Å²) in [5.74, 6) is 0.691. The van der Waals surface area contributed by atoms with E-state index in [0.29, 0.717) is 5.92 Å². The number of likely N-dealkylation sites (tertiary alicyclic amines) is 1. The standard InChI is InChI=1S/C15H27N3O/c1-4-9-18-14(5-8-16-18)15(19)6-10-17(11-7-15)12-13(2)3/h5,8,13,19H,4,6-7,9-12H2,1-3H3. The molecule has 4 heteroatoms. The van der Waals surface area contributed by atoms with Crippen LogP contribution in [-0.2, 0) is 12.1 Å². The summed E-state index contributed by atoms with van der Waals surface area (Å²) >= 11 is 0. The van der Waals surface area contributed by atoms with E-state index in [1.54, 1.807) is 0 Å². The normalized spacial score (nSPS) is 20.1. The molecule has 1 N–H and O–H groups in total. The predicted molar refractivity (Wildman–Crippen MR) is 76.9 cm³/mol. The van der Waals surface area contributed by atoms with Crippen LogP contribution in [0.4, 0.5) is 0 Å². The van der Waals surface area contributed by atoms with E-state index in [1.165, 1.54) is 0 Å². The second-order valence-electron chi connectivity index (χ2n) is 6.17. The second kappa shape index (κ2) is 6.06. The zero-order valence-electron chi connectivity index (χ0n) is 12.5.